The van der Waals surface area contributed by atoms with Gasteiger partial charge >= 0.3 is 0 Å². The second kappa shape index (κ2) is 5.79. The smallest absolute Gasteiger partial charge is 0.243 e. The van der Waals surface area contributed by atoms with Gasteiger partial charge in [-0.15, -0.1) is 0 Å². The molecule has 0 amide bonds. The number of sulfonamides is 1. The molecule has 0 bridgehead atoms. The maximum absolute atomic E-state index is 12.4. The van der Waals surface area contributed by atoms with Crippen molar-refractivity contribution in [3.05, 3.63) is 29.3 Å². The third kappa shape index (κ3) is 3.28. The molecule has 0 aromatic heterocycles. The Bertz CT molecular complexity index is 520. The van der Waals surface area contributed by atoms with E-state index >= 15 is 0 Å². The van der Waals surface area contributed by atoms with Crippen LogP contribution in [0.5, 0.6) is 0 Å². The summed E-state index contributed by atoms with van der Waals surface area (Å²) in [4.78, 5) is 0.302. The highest BCUT2D eigenvalue weighted by Crippen LogP contribution is 2.25. The lowest BCUT2D eigenvalue weighted by Gasteiger charge is -2.32. The first-order chi connectivity index (χ1) is 8.91. The highest BCUT2D eigenvalue weighted by Gasteiger charge is 2.30. The van der Waals surface area contributed by atoms with Crippen molar-refractivity contribution >= 4 is 21.6 Å². The molecule has 0 radical (unpaired) electrons. The van der Waals surface area contributed by atoms with Gasteiger partial charge in [0.2, 0.25) is 10.0 Å². The first-order valence-corrected chi connectivity index (χ1v) is 8.24. The van der Waals surface area contributed by atoms with Gasteiger partial charge < -0.3 is 5.73 Å². The molecule has 4 nitrogen and oxygen atoms in total. The number of hydrogen-bond donors (Lipinski definition) is 1. The van der Waals surface area contributed by atoms with Crippen molar-refractivity contribution in [3.8, 4) is 0 Å². The molecule has 1 aromatic rings. The van der Waals surface area contributed by atoms with Crippen LogP contribution in [-0.4, -0.2) is 31.9 Å². The predicted molar refractivity (Wildman–Crippen MR) is 76.6 cm³/mol. The van der Waals surface area contributed by atoms with Gasteiger partial charge in [0.25, 0.3) is 0 Å². The average Bonchev–Trinajstić information content (AvgIpc) is 2.39. The normalized spacial score (nSPS) is 20.4. The van der Waals surface area contributed by atoms with Gasteiger partial charge in [-0.05, 0) is 49.9 Å². The number of benzene rings is 1. The summed E-state index contributed by atoms with van der Waals surface area (Å²) in [5.41, 5.74) is 5.87. The molecule has 1 fully saturated rings. The molecule has 1 saturated heterocycles. The van der Waals surface area contributed by atoms with Crippen LogP contribution < -0.4 is 5.73 Å². The van der Waals surface area contributed by atoms with Crippen molar-refractivity contribution in [1.29, 1.82) is 0 Å². The Morgan fingerprint density at radius 3 is 2.26 bits per heavy atom. The fraction of sp³-hybridized carbons (Fsp3) is 0.538. The minimum atomic E-state index is -3.39. The lowest BCUT2D eigenvalue weighted by molar-refractivity contribution is 0.250. The van der Waals surface area contributed by atoms with Crippen molar-refractivity contribution in [2.45, 2.75) is 30.7 Å². The number of rotatable bonds is 3. The van der Waals surface area contributed by atoms with Crippen LogP contribution in [0.3, 0.4) is 0 Å². The quantitative estimate of drug-likeness (QED) is 0.930. The summed E-state index contributed by atoms with van der Waals surface area (Å²) in [6.45, 7) is 3.06. The molecule has 1 atom stereocenters. The summed E-state index contributed by atoms with van der Waals surface area (Å²) in [5, 5.41) is 0.537. The molecule has 1 unspecified atom stereocenters. The first-order valence-electron chi connectivity index (χ1n) is 6.42. The summed E-state index contributed by atoms with van der Waals surface area (Å²) in [6, 6.07) is 6.43. The van der Waals surface area contributed by atoms with Gasteiger partial charge in [-0.1, -0.05) is 11.6 Å². The van der Waals surface area contributed by atoms with E-state index in [1.165, 1.54) is 4.31 Å². The third-order valence-corrected chi connectivity index (χ3v) is 5.86. The molecular formula is C13H19ClN2O2S. The Morgan fingerprint density at radius 2 is 1.79 bits per heavy atom. The van der Waals surface area contributed by atoms with Crippen LogP contribution in [0, 0.1) is 5.92 Å². The maximum atomic E-state index is 12.4. The van der Waals surface area contributed by atoms with E-state index in [0.717, 1.165) is 12.8 Å². The zero-order valence-corrected chi connectivity index (χ0v) is 12.5. The van der Waals surface area contributed by atoms with Gasteiger partial charge in [-0.2, -0.15) is 4.31 Å². The minimum absolute atomic E-state index is 0.125. The van der Waals surface area contributed by atoms with Crippen LogP contribution in [0.25, 0.3) is 0 Å². The third-order valence-electron chi connectivity index (χ3n) is 3.69. The predicted octanol–water partition coefficient (Wildman–Crippen LogP) is 2.09. The van der Waals surface area contributed by atoms with Gasteiger partial charge in [0.05, 0.1) is 4.90 Å². The van der Waals surface area contributed by atoms with Crippen LogP contribution in [0.4, 0.5) is 0 Å². The number of halogens is 1. The summed E-state index contributed by atoms with van der Waals surface area (Å²) < 4.78 is 26.4. The number of hydrogen-bond acceptors (Lipinski definition) is 3. The number of nitrogens with two attached hydrogens (primary N) is 1. The number of nitrogens with zero attached hydrogens (tertiary/aromatic N) is 1. The van der Waals surface area contributed by atoms with E-state index in [2.05, 4.69) is 0 Å². The molecule has 0 aliphatic carbocycles. The second-order valence-electron chi connectivity index (χ2n) is 5.05. The molecule has 1 aliphatic rings. The first kappa shape index (κ1) is 14.8. The lowest BCUT2D eigenvalue weighted by atomic mass is 9.92. The van der Waals surface area contributed by atoms with Gasteiger partial charge in [0.15, 0.2) is 0 Å². The van der Waals surface area contributed by atoms with Crippen LogP contribution in [-0.2, 0) is 10.0 Å². The van der Waals surface area contributed by atoms with Crippen molar-refractivity contribution in [1.82, 2.24) is 4.31 Å². The van der Waals surface area contributed by atoms with E-state index in [0.29, 0.717) is 28.9 Å². The summed E-state index contributed by atoms with van der Waals surface area (Å²) in [7, 11) is -3.39. The van der Waals surface area contributed by atoms with E-state index in [1.54, 1.807) is 24.3 Å². The molecule has 1 aromatic carbocycles. The van der Waals surface area contributed by atoms with Gasteiger partial charge in [0.1, 0.15) is 0 Å². The second-order valence-corrected chi connectivity index (χ2v) is 7.43. The molecule has 6 heteroatoms. The van der Waals surface area contributed by atoms with Gasteiger partial charge in [-0.25, -0.2) is 8.42 Å². The topological polar surface area (TPSA) is 63.4 Å². The van der Waals surface area contributed by atoms with Crippen LogP contribution >= 0.6 is 11.6 Å². The van der Waals surface area contributed by atoms with Crippen LogP contribution in [0.2, 0.25) is 5.02 Å². The standard InChI is InChI=1S/C13H19ClN2O2S/c1-10(15)11-6-8-16(9-7-11)19(17,18)13-4-2-12(14)3-5-13/h2-5,10-11H,6-9,15H2,1H3. The Balaban J connectivity index is 2.12. The van der Waals surface area contributed by atoms with Crippen LogP contribution in [0.15, 0.2) is 29.2 Å². The average molecular weight is 303 g/mol. The molecule has 0 spiro atoms. The Morgan fingerprint density at radius 1 is 1.26 bits per heavy atom. The fourth-order valence-electron chi connectivity index (χ4n) is 2.40. The molecule has 2 N–H and O–H groups in total. The summed E-state index contributed by atoms with van der Waals surface area (Å²) in [6.07, 6.45) is 1.65. The minimum Gasteiger partial charge on any atom is -0.328 e. The van der Waals surface area contributed by atoms with E-state index in [9.17, 15) is 8.42 Å². The Labute approximate surface area is 119 Å². The largest absolute Gasteiger partial charge is 0.328 e. The van der Waals surface area contributed by atoms with Crippen molar-refractivity contribution in [3.63, 3.8) is 0 Å². The van der Waals surface area contributed by atoms with E-state index in [4.69, 9.17) is 17.3 Å². The zero-order valence-electron chi connectivity index (χ0n) is 10.9. The Kier molecular flexibility index (Phi) is 4.50. The van der Waals surface area contributed by atoms with E-state index in [-0.39, 0.29) is 6.04 Å². The SMILES string of the molecule is CC(N)C1CCN(S(=O)(=O)c2ccc(Cl)cc2)CC1. The zero-order chi connectivity index (χ0) is 14.0. The van der Waals surface area contributed by atoms with E-state index < -0.39 is 10.0 Å². The monoisotopic (exact) mass is 302 g/mol. The van der Waals surface area contributed by atoms with Crippen molar-refractivity contribution in [2.24, 2.45) is 11.7 Å². The molecular weight excluding hydrogens is 284 g/mol. The Hall–Kier alpha value is -0.620. The van der Waals surface area contributed by atoms with Gasteiger partial charge in [0, 0.05) is 24.2 Å². The highest BCUT2D eigenvalue weighted by atomic mass is 35.5. The maximum Gasteiger partial charge on any atom is 0.243 e. The van der Waals surface area contributed by atoms with Crippen molar-refractivity contribution < 1.29 is 8.42 Å². The fourth-order valence-corrected chi connectivity index (χ4v) is 3.99. The van der Waals surface area contributed by atoms with E-state index in [1.807, 2.05) is 6.92 Å². The molecule has 2 rings (SSSR count). The molecule has 19 heavy (non-hydrogen) atoms. The molecule has 1 aliphatic heterocycles. The molecule has 106 valence electrons. The summed E-state index contributed by atoms with van der Waals surface area (Å²) >= 11 is 5.78. The highest BCUT2D eigenvalue weighted by molar-refractivity contribution is 7.89. The van der Waals surface area contributed by atoms with Gasteiger partial charge in [-0.3, -0.25) is 0 Å². The van der Waals surface area contributed by atoms with Crippen LogP contribution in [0.1, 0.15) is 19.8 Å². The van der Waals surface area contributed by atoms with Crippen molar-refractivity contribution in [2.75, 3.05) is 13.1 Å². The molecule has 0 saturated carbocycles. The summed E-state index contributed by atoms with van der Waals surface area (Å²) in [5.74, 6) is 0.414. The number of piperidine rings is 1. The lowest BCUT2D eigenvalue weighted by Crippen LogP contribution is -2.42. The molecule has 1 heterocycles.